The SMILES string of the molecule is Cc1nc(N[C@@H](C)c2cccc(-c3cnc(C)nc3C)c2)cc(-c2ccc3occ(C)c3c2)n1.N. The molecule has 7 heteroatoms. The van der Waals surface area contributed by atoms with E-state index in [9.17, 15) is 0 Å². The summed E-state index contributed by atoms with van der Waals surface area (Å²) in [6.07, 6.45) is 3.68. The molecule has 178 valence electrons. The van der Waals surface area contributed by atoms with Gasteiger partial charge in [0.2, 0.25) is 0 Å². The molecule has 5 aromatic rings. The van der Waals surface area contributed by atoms with Gasteiger partial charge < -0.3 is 15.9 Å². The second-order valence-corrected chi connectivity index (χ2v) is 8.72. The van der Waals surface area contributed by atoms with E-state index in [4.69, 9.17) is 4.42 Å². The number of anilines is 1. The van der Waals surface area contributed by atoms with Crippen LogP contribution in [0.4, 0.5) is 5.82 Å². The van der Waals surface area contributed by atoms with E-state index in [2.05, 4.69) is 62.5 Å². The van der Waals surface area contributed by atoms with Crippen LogP contribution in [0.5, 0.6) is 0 Å². The monoisotopic (exact) mass is 466 g/mol. The van der Waals surface area contributed by atoms with Gasteiger partial charge in [0.15, 0.2) is 0 Å². The molecule has 2 aromatic carbocycles. The Bertz CT molecular complexity index is 1510. The lowest BCUT2D eigenvalue weighted by Gasteiger charge is -2.17. The quantitative estimate of drug-likeness (QED) is 0.289. The van der Waals surface area contributed by atoms with Crippen molar-refractivity contribution in [1.29, 1.82) is 0 Å². The van der Waals surface area contributed by atoms with Crippen molar-refractivity contribution < 1.29 is 4.42 Å². The molecule has 0 radical (unpaired) electrons. The number of aryl methyl sites for hydroxylation is 4. The second kappa shape index (κ2) is 9.64. The molecule has 1 atom stereocenters. The van der Waals surface area contributed by atoms with Gasteiger partial charge in [-0.1, -0.05) is 18.2 Å². The van der Waals surface area contributed by atoms with Crippen molar-refractivity contribution in [2.75, 3.05) is 5.32 Å². The third kappa shape index (κ3) is 4.90. The highest BCUT2D eigenvalue weighted by atomic mass is 16.3. The van der Waals surface area contributed by atoms with E-state index in [0.29, 0.717) is 0 Å². The zero-order valence-electron chi connectivity index (χ0n) is 20.8. The lowest BCUT2D eigenvalue weighted by molar-refractivity contribution is 0.613. The third-order valence-electron chi connectivity index (χ3n) is 6.06. The maximum Gasteiger partial charge on any atom is 0.134 e. The molecule has 5 rings (SSSR count). The van der Waals surface area contributed by atoms with E-state index in [-0.39, 0.29) is 12.2 Å². The standard InChI is InChI=1S/C28H27N5O.H3N/c1-16-15-34-27-10-9-23(12-24(16)27)26-13-28(33-20(5)32-26)31-17(2)21-7-6-8-22(11-21)25-14-29-19(4)30-18(25)3;/h6-15,17H,1-5H3,(H,31,32,33);1H3/t17-;/m0./s1. The molecule has 0 bridgehead atoms. The molecule has 35 heavy (non-hydrogen) atoms. The molecule has 7 nitrogen and oxygen atoms in total. The molecule has 0 aliphatic rings. The number of benzene rings is 2. The highest BCUT2D eigenvalue weighted by Gasteiger charge is 2.13. The first-order chi connectivity index (χ1) is 16.4. The number of hydrogen-bond acceptors (Lipinski definition) is 7. The molecule has 0 unspecified atom stereocenters. The number of fused-ring (bicyclic) bond motifs is 1. The van der Waals surface area contributed by atoms with Gasteiger partial charge >= 0.3 is 0 Å². The van der Waals surface area contributed by atoms with Crippen LogP contribution in [0.2, 0.25) is 0 Å². The summed E-state index contributed by atoms with van der Waals surface area (Å²) in [7, 11) is 0. The zero-order valence-corrected chi connectivity index (χ0v) is 20.8. The van der Waals surface area contributed by atoms with Crippen LogP contribution in [0.3, 0.4) is 0 Å². The van der Waals surface area contributed by atoms with E-state index in [0.717, 1.165) is 67.6 Å². The molecule has 0 saturated carbocycles. The van der Waals surface area contributed by atoms with Crippen LogP contribution in [0.1, 0.15) is 41.4 Å². The number of rotatable bonds is 5. The van der Waals surface area contributed by atoms with E-state index in [1.54, 1.807) is 6.26 Å². The number of aromatic nitrogens is 4. The van der Waals surface area contributed by atoms with Gasteiger partial charge in [-0.3, -0.25) is 0 Å². The van der Waals surface area contributed by atoms with E-state index in [1.165, 1.54) is 0 Å². The average Bonchev–Trinajstić information content (AvgIpc) is 3.19. The molecule has 0 aliphatic heterocycles. The molecule has 0 saturated heterocycles. The topological polar surface area (TPSA) is 112 Å². The Labute approximate surface area is 205 Å². The van der Waals surface area contributed by atoms with Gasteiger partial charge in [0.25, 0.3) is 0 Å². The summed E-state index contributed by atoms with van der Waals surface area (Å²) in [6, 6.07) is 16.7. The lowest BCUT2D eigenvalue weighted by atomic mass is 10.00. The molecule has 0 spiro atoms. The molecular formula is C28H30N6O. The van der Waals surface area contributed by atoms with Gasteiger partial charge in [0.05, 0.1) is 12.0 Å². The minimum atomic E-state index is 0. The molecule has 3 aromatic heterocycles. The number of nitrogens with one attached hydrogen (secondary N) is 1. The maximum absolute atomic E-state index is 5.59. The Balaban J connectivity index is 0.00000289. The molecule has 0 amide bonds. The zero-order chi connectivity index (χ0) is 23.8. The fourth-order valence-corrected chi connectivity index (χ4v) is 4.25. The Morgan fingerprint density at radius 2 is 1.69 bits per heavy atom. The van der Waals surface area contributed by atoms with Gasteiger partial charge in [-0.2, -0.15) is 0 Å². The summed E-state index contributed by atoms with van der Waals surface area (Å²) in [5.74, 6) is 2.29. The molecule has 0 fully saturated rings. The van der Waals surface area contributed by atoms with Crippen molar-refractivity contribution in [2.24, 2.45) is 0 Å². The van der Waals surface area contributed by atoms with Crippen molar-refractivity contribution in [2.45, 2.75) is 40.7 Å². The fourth-order valence-electron chi connectivity index (χ4n) is 4.25. The highest BCUT2D eigenvalue weighted by molar-refractivity contribution is 5.85. The third-order valence-corrected chi connectivity index (χ3v) is 6.06. The van der Waals surface area contributed by atoms with Gasteiger partial charge in [0.1, 0.15) is 23.0 Å². The first-order valence-electron chi connectivity index (χ1n) is 11.4. The van der Waals surface area contributed by atoms with Gasteiger partial charge in [-0.15, -0.1) is 0 Å². The first-order valence-corrected chi connectivity index (χ1v) is 11.4. The molecule has 3 heterocycles. The summed E-state index contributed by atoms with van der Waals surface area (Å²) in [4.78, 5) is 18.2. The van der Waals surface area contributed by atoms with Gasteiger partial charge in [-0.05, 0) is 75.6 Å². The summed E-state index contributed by atoms with van der Waals surface area (Å²) >= 11 is 0. The number of hydrogen-bond donors (Lipinski definition) is 2. The van der Waals surface area contributed by atoms with Crippen LogP contribution in [-0.4, -0.2) is 19.9 Å². The van der Waals surface area contributed by atoms with Crippen molar-refractivity contribution in [3.8, 4) is 22.4 Å². The van der Waals surface area contributed by atoms with Gasteiger partial charge in [0, 0.05) is 40.5 Å². The Morgan fingerprint density at radius 1 is 0.857 bits per heavy atom. The predicted octanol–water partition coefficient (Wildman–Crippen LogP) is 6.92. The normalized spacial score (nSPS) is 11.8. The summed E-state index contributed by atoms with van der Waals surface area (Å²) < 4.78 is 5.59. The predicted molar refractivity (Wildman–Crippen MR) is 141 cm³/mol. The lowest BCUT2D eigenvalue weighted by Crippen LogP contribution is -2.09. The van der Waals surface area contributed by atoms with E-state index in [1.807, 2.05) is 52.1 Å². The fraction of sp³-hybridized carbons (Fsp3) is 0.214. The summed E-state index contributed by atoms with van der Waals surface area (Å²) in [6.45, 7) is 10.0. The Morgan fingerprint density at radius 3 is 2.49 bits per heavy atom. The van der Waals surface area contributed by atoms with Crippen LogP contribution < -0.4 is 11.5 Å². The van der Waals surface area contributed by atoms with Crippen LogP contribution in [-0.2, 0) is 0 Å². The minimum Gasteiger partial charge on any atom is -0.464 e. The van der Waals surface area contributed by atoms with Crippen LogP contribution in [0.25, 0.3) is 33.4 Å². The Hall–Kier alpha value is -4.10. The molecule has 4 N–H and O–H groups in total. The summed E-state index contributed by atoms with van der Waals surface area (Å²) in [5, 5.41) is 4.66. The van der Waals surface area contributed by atoms with E-state index < -0.39 is 0 Å². The average molecular weight is 467 g/mol. The number of nitrogens with zero attached hydrogens (tertiary/aromatic N) is 4. The summed E-state index contributed by atoms with van der Waals surface area (Å²) in [5.41, 5.74) is 8.20. The van der Waals surface area contributed by atoms with E-state index >= 15 is 0 Å². The highest BCUT2D eigenvalue weighted by Crippen LogP contribution is 2.29. The van der Waals surface area contributed by atoms with Crippen LogP contribution >= 0.6 is 0 Å². The van der Waals surface area contributed by atoms with Crippen molar-refractivity contribution in [1.82, 2.24) is 26.1 Å². The largest absolute Gasteiger partial charge is 0.464 e. The van der Waals surface area contributed by atoms with Crippen molar-refractivity contribution in [3.63, 3.8) is 0 Å². The molecular weight excluding hydrogens is 436 g/mol. The molecule has 0 aliphatic carbocycles. The second-order valence-electron chi connectivity index (χ2n) is 8.72. The Kier molecular flexibility index (Phi) is 6.62. The maximum atomic E-state index is 5.59. The van der Waals surface area contributed by atoms with Crippen molar-refractivity contribution in [3.05, 3.63) is 89.5 Å². The number of furan rings is 1. The minimum absolute atomic E-state index is 0. The first kappa shape index (κ1) is 24.0. The van der Waals surface area contributed by atoms with Crippen LogP contribution in [0, 0.1) is 27.7 Å². The van der Waals surface area contributed by atoms with Crippen LogP contribution in [0.15, 0.2) is 65.4 Å². The smallest absolute Gasteiger partial charge is 0.134 e. The van der Waals surface area contributed by atoms with Gasteiger partial charge in [-0.25, -0.2) is 19.9 Å². The van der Waals surface area contributed by atoms with Crippen molar-refractivity contribution >= 4 is 16.8 Å².